The van der Waals surface area contributed by atoms with Crippen LogP contribution in [0, 0.1) is 6.92 Å². The molecule has 0 bridgehead atoms. The van der Waals surface area contributed by atoms with Crippen molar-refractivity contribution >= 4 is 15.7 Å². The average Bonchev–Trinajstić information content (AvgIpc) is 2.55. The van der Waals surface area contributed by atoms with Crippen molar-refractivity contribution in [3.05, 3.63) is 65.2 Å². The number of sulfone groups is 1. The van der Waals surface area contributed by atoms with Crippen LogP contribution in [0.4, 0.5) is 0 Å². The van der Waals surface area contributed by atoms with Crippen LogP contribution in [0.5, 0.6) is 0 Å². The standard InChI is InChI=1S/C19H24N2O3S/c1-14-5-7-15(8-6-14)18(21(2)3)13-20-19(22)16-9-11-17(12-10-16)25(4,23)24/h5-12,18H,13H2,1-4H3,(H,20,22)/t18-/m1/s1. The van der Waals surface area contributed by atoms with Crippen molar-refractivity contribution in [3.8, 4) is 0 Å². The zero-order valence-corrected chi connectivity index (χ0v) is 15.8. The second-order valence-electron chi connectivity index (χ2n) is 6.40. The van der Waals surface area contributed by atoms with Crippen LogP contribution < -0.4 is 5.32 Å². The molecule has 0 radical (unpaired) electrons. The molecule has 134 valence electrons. The van der Waals surface area contributed by atoms with Crippen LogP contribution in [0.1, 0.15) is 27.5 Å². The average molecular weight is 360 g/mol. The third-order valence-electron chi connectivity index (χ3n) is 4.09. The number of likely N-dealkylation sites (N-methyl/N-ethyl adjacent to an activating group) is 1. The predicted octanol–water partition coefficient (Wildman–Crippen LogP) is 2.43. The van der Waals surface area contributed by atoms with Crippen molar-refractivity contribution in [2.75, 3.05) is 26.9 Å². The molecule has 0 aliphatic carbocycles. The number of nitrogens with one attached hydrogen (secondary N) is 1. The molecule has 1 N–H and O–H groups in total. The maximum absolute atomic E-state index is 12.3. The van der Waals surface area contributed by atoms with E-state index in [0.29, 0.717) is 12.1 Å². The molecule has 0 fully saturated rings. The summed E-state index contributed by atoms with van der Waals surface area (Å²) in [7, 11) is 0.679. The Morgan fingerprint density at radius 1 is 1.04 bits per heavy atom. The molecule has 5 nitrogen and oxygen atoms in total. The Morgan fingerprint density at radius 2 is 1.60 bits per heavy atom. The Bertz CT molecular complexity index is 826. The minimum absolute atomic E-state index is 0.0554. The van der Waals surface area contributed by atoms with Crippen LogP contribution >= 0.6 is 0 Å². The molecule has 0 unspecified atom stereocenters. The lowest BCUT2D eigenvalue weighted by Crippen LogP contribution is -2.34. The Hall–Kier alpha value is -2.18. The van der Waals surface area contributed by atoms with Gasteiger partial charge in [0.25, 0.3) is 5.91 Å². The summed E-state index contributed by atoms with van der Waals surface area (Å²) in [5.41, 5.74) is 2.76. The maximum Gasteiger partial charge on any atom is 0.251 e. The number of carbonyl (C=O) groups excluding carboxylic acids is 1. The normalized spacial score (nSPS) is 12.8. The fourth-order valence-corrected chi connectivity index (χ4v) is 3.16. The van der Waals surface area contributed by atoms with Crippen LogP contribution in [0.15, 0.2) is 53.4 Å². The van der Waals surface area contributed by atoms with Gasteiger partial charge >= 0.3 is 0 Å². The van der Waals surface area contributed by atoms with Crippen LogP contribution in [-0.4, -0.2) is 46.1 Å². The van der Waals surface area contributed by atoms with Crippen LogP contribution in [0.25, 0.3) is 0 Å². The first-order valence-electron chi connectivity index (χ1n) is 8.00. The molecule has 6 heteroatoms. The SMILES string of the molecule is Cc1ccc([C@@H](CNC(=O)c2ccc(S(C)(=O)=O)cc2)N(C)C)cc1. The van der Waals surface area contributed by atoms with Gasteiger partial charge in [0, 0.05) is 18.4 Å². The molecule has 0 saturated heterocycles. The number of carbonyl (C=O) groups is 1. The van der Waals surface area contributed by atoms with E-state index >= 15 is 0 Å². The first-order valence-corrected chi connectivity index (χ1v) is 9.89. The first-order chi connectivity index (χ1) is 11.7. The fourth-order valence-electron chi connectivity index (χ4n) is 2.53. The lowest BCUT2D eigenvalue weighted by atomic mass is 10.0. The lowest BCUT2D eigenvalue weighted by Gasteiger charge is -2.25. The van der Waals surface area contributed by atoms with Gasteiger partial charge in [-0.15, -0.1) is 0 Å². The lowest BCUT2D eigenvalue weighted by molar-refractivity contribution is 0.0942. The van der Waals surface area contributed by atoms with E-state index in [-0.39, 0.29) is 16.8 Å². The van der Waals surface area contributed by atoms with Gasteiger partial charge in [-0.3, -0.25) is 4.79 Å². The van der Waals surface area contributed by atoms with E-state index in [1.807, 2.05) is 21.0 Å². The third-order valence-corrected chi connectivity index (χ3v) is 5.21. The molecule has 2 aromatic carbocycles. The highest BCUT2D eigenvalue weighted by molar-refractivity contribution is 7.90. The van der Waals surface area contributed by atoms with Crippen molar-refractivity contribution in [2.24, 2.45) is 0 Å². The van der Waals surface area contributed by atoms with E-state index in [2.05, 4.69) is 34.5 Å². The summed E-state index contributed by atoms with van der Waals surface area (Å²) < 4.78 is 23.0. The van der Waals surface area contributed by atoms with Crippen molar-refractivity contribution in [1.29, 1.82) is 0 Å². The summed E-state index contributed by atoms with van der Waals surface area (Å²) in [5, 5.41) is 2.92. The van der Waals surface area contributed by atoms with Crippen LogP contribution in [0.2, 0.25) is 0 Å². The number of amides is 1. The Kier molecular flexibility index (Phi) is 5.98. The van der Waals surface area contributed by atoms with Crippen molar-refractivity contribution < 1.29 is 13.2 Å². The van der Waals surface area contributed by atoms with Gasteiger partial charge in [-0.1, -0.05) is 29.8 Å². The summed E-state index contributed by atoms with van der Waals surface area (Å²) >= 11 is 0. The number of rotatable bonds is 6. The highest BCUT2D eigenvalue weighted by atomic mass is 32.2. The van der Waals surface area contributed by atoms with Crippen molar-refractivity contribution in [1.82, 2.24) is 10.2 Å². The summed E-state index contributed by atoms with van der Waals surface area (Å²) in [6.07, 6.45) is 1.14. The van der Waals surface area contributed by atoms with Crippen molar-refractivity contribution in [3.63, 3.8) is 0 Å². The molecule has 1 atom stereocenters. The van der Waals surface area contributed by atoms with Gasteiger partial charge in [0.05, 0.1) is 10.9 Å². The topological polar surface area (TPSA) is 66.5 Å². The fraction of sp³-hybridized carbons (Fsp3) is 0.316. The van der Waals surface area contributed by atoms with E-state index < -0.39 is 9.84 Å². The number of benzene rings is 2. The zero-order valence-electron chi connectivity index (χ0n) is 15.0. The molecule has 0 aliphatic heterocycles. The minimum Gasteiger partial charge on any atom is -0.350 e. The largest absolute Gasteiger partial charge is 0.350 e. The second kappa shape index (κ2) is 7.80. The van der Waals surface area contributed by atoms with Gasteiger partial charge in [0.15, 0.2) is 9.84 Å². The summed E-state index contributed by atoms with van der Waals surface area (Å²) in [6.45, 7) is 2.50. The van der Waals surface area contributed by atoms with E-state index in [1.165, 1.54) is 29.8 Å². The molecular formula is C19H24N2O3S. The summed E-state index contributed by atoms with van der Waals surface area (Å²) in [4.78, 5) is 14.6. The highest BCUT2D eigenvalue weighted by Gasteiger charge is 2.16. The van der Waals surface area contributed by atoms with Gasteiger partial charge in [0.2, 0.25) is 0 Å². The monoisotopic (exact) mass is 360 g/mol. The van der Waals surface area contributed by atoms with E-state index in [1.54, 1.807) is 0 Å². The molecule has 1 amide bonds. The third kappa shape index (κ3) is 5.14. The number of hydrogen-bond acceptors (Lipinski definition) is 4. The van der Waals surface area contributed by atoms with Gasteiger partial charge in [0.1, 0.15) is 0 Å². The Morgan fingerprint density at radius 3 is 2.08 bits per heavy atom. The maximum atomic E-state index is 12.3. The molecule has 2 rings (SSSR count). The Labute approximate surface area is 149 Å². The zero-order chi connectivity index (χ0) is 18.6. The van der Waals surface area contributed by atoms with E-state index in [0.717, 1.165) is 11.8 Å². The predicted molar refractivity (Wildman–Crippen MR) is 99.5 cm³/mol. The number of hydrogen-bond donors (Lipinski definition) is 1. The summed E-state index contributed by atoms with van der Waals surface area (Å²) in [6, 6.07) is 14.3. The molecule has 0 saturated carbocycles. The van der Waals surface area contributed by atoms with Gasteiger partial charge < -0.3 is 10.2 Å². The van der Waals surface area contributed by atoms with E-state index in [4.69, 9.17) is 0 Å². The quantitative estimate of drug-likeness (QED) is 0.859. The highest BCUT2D eigenvalue weighted by Crippen LogP contribution is 2.18. The second-order valence-corrected chi connectivity index (χ2v) is 8.41. The minimum atomic E-state index is -3.26. The number of aryl methyl sites for hydroxylation is 1. The molecule has 25 heavy (non-hydrogen) atoms. The molecule has 0 spiro atoms. The molecule has 0 aromatic heterocycles. The molecule has 0 heterocycles. The Balaban J connectivity index is 2.07. The van der Waals surface area contributed by atoms with Gasteiger partial charge in [-0.05, 0) is 50.8 Å². The van der Waals surface area contributed by atoms with E-state index in [9.17, 15) is 13.2 Å². The van der Waals surface area contributed by atoms with Crippen molar-refractivity contribution in [2.45, 2.75) is 17.9 Å². The number of nitrogens with zero attached hydrogens (tertiary/aromatic N) is 1. The first kappa shape index (κ1) is 19.1. The molecule has 2 aromatic rings. The molecule has 0 aliphatic rings. The summed E-state index contributed by atoms with van der Waals surface area (Å²) in [5.74, 6) is -0.223. The van der Waals surface area contributed by atoms with Crippen LogP contribution in [-0.2, 0) is 9.84 Å². The van der Waals surface area contributed by atoms with Gasteiger partial charge in [-0.2, -0.15) is 0 Å². The smallest absolute Gasteiger partial charge is 0.251 e. The van der Waals surface area contributed by atoms with Gasteiger partial charge in [-0.25, -0.2) is 8.42 Å². The molecular weight excluding hydrogens is 336 g/mol. The van der Waals surface area contributed by atoms with Crippen LogP contribution in [0.3, 0.4) is 0 Å².